The minimum atomic E-state index is -0.740. The van der Waals surface area contributed by atoms with Gasteiger partial charge in [0.05, 0.1) is 14.2 Å². The molecule has 20 heavy (non-hydrogen) atoms. The van der Waals surface area contributed by atoms with Gasteiger partial charge in [-0.2, -0.15) is 0 Å². The first-order chi connectivity index (χ1) is 9.69. The van der Waals surface area contributed by atoms with Crippen molar-refractivity contribution in [2.75, 3.05) is 20.5 Å². The highest BCUT2D eigenvalue weighted by atomic mass is 32.2. The van der Waals surface area contributed by atoms with Crippen molar-refractivity contribution in [1.82, 2.24) is 0 Å². The van der Waals surface area contributed by atoms with Gasteiger partial charge in [-0.1, -0.05) is 12.1 Å². The molecule has 0 fully saturated rings. The Kier molecular flexibility index (Phi) is 4.93. The van der Waals surface area contributed by atoms with Crippen LogP contribution < -0.4 is 9.47 Å². The Bertz CT molecular complexity index is 566. The number of methoxy groups -OCH3 is 2. The first kappa shape index (κ1) is 14.8. The fourth-order valence-electron chi connectivity index (χ4n) is 2.02. The second kappa shape index (κ2) is 6.68. The zero-order valence-electron chi connectivity index (χ0n) is 11.8. The standard InChI is InChI=1S/C16H18O3S/c1-18-12-6-9-15(19-2)14(10-12)16(17)11-4-7-13(20-3)8-5-11/h4-10,16-17H,1-3H3. The molecule has 2 aromatic carbocycles. The summed E-state index contributed by atoms with van der Waals surface area (Å²) in [7, 11) is 3.19. The Hall–Kier alpha value is -1.65. The molecule has 0 aliphatic heterocycles. The van der Waals surface area contributed by atoms with Crippen LogP contribution in [0.5, 0.6) is 11.5 Å². The molecule has 0 bridgehead atoms. The molecule has 106 valence electrons. The second-order valence-corrected chi connectivity index (χ2v) is 5.16. The molecule has 0 amide bonds. The van der Waals surface area contributed by atoms with Crippen molar-refractivity contribution in [3.05, 3.63) is 53.6 Å². The summed E-state index contributed by atoms with van der Waals surface area (Å²) in [5.41, 5.74) is 1.53. The van der Waals surface area contributed by atoms with Gasteiger partial charge in [0.15, 0.2) is 0 Å². The zero-order valence-corrected chi connectivity index (χ0v) is 12.6. The van der Waals surface area contributed by atoms with E-state index in [9.17, 15) is 5.11 Å². The lowest BCUT2D eigenvalue weighted by atomic mass is 10.0. The molecule has 0 saturated carbocycles. The number of hydrogen-bond acceptors (Lipinski definition) is 4. The molecular formula is C16H18O3S. The first-order valence-electron chi connectivity index (χ1n) is 6.23. The third-order valence-electron chi connectivity index (χ3n) is 3.16. The molecule has 2 rings (SSSR count). The Morgan fingerprint density at radius 3 is 2.25 bits per heavy atom. The lowest BCUT2D eigenvalue weighted by Crippen LogP contribution is -2.03. The van der Waals surface area contributed by atoms with Gasteiger partial charge in [-0.25, -0.2) is 0 Å². The zero-order chi connectivity index (χ0) is 14.5. The van der Waals surface area contributed by atoms with Crippen LogP contribution in [0.25, 0.3) is 0 Å². The summed E-state index contributed by atoms with van der Waals surface area (Å²) in [6.07, 6.45) is 1.28. The molecule has 1 atom stereocenters. The lowest BCUT2D eigenvalue weighted by Gasteiger charge is -2.16. The van der Waals surface area contributed by atoms with E-state index in [1.165, 1.54) is 4.90 Å². The van der Waals surface area contributed by atoms with E-state index in [0.29, 0.717) is 17.1 Å². The van der Waals surface area contributed by atoms with E-state index in [2.05, 4.69) is 0 Å². The average Bonchev–Trinajstić information content (AvgIpc) is 2.53. The van der Waals surface area contributed by atoms with Crippen LogP contribution >= 0.6 is 11.8 Å². The molecule has 3 nitrogen and oxygen atoms in total. The van der Waals surface area contributed by atoms with Crippen molar-refractivity contribution in [2.45, 2.75) is 11.0 Å². The molecule has 4 heteroatoms. The molecule has 0 saturated heterocycles. The summed E-state index contributed by atoms with van der Waals surface area (Å²) in [5, 5.41) is 10.5. The van der Waals surface area contributed by atoms with Crippen molar-refractivity contribution in [2.24, 2.45) is 0 Å². The summed E-state index contributed by atoms with van der Waals surface area (Å²) in [6.45, 7) is 0. The Morgan fingerprint density at radius 2 is 1.70 bits per heavy atom. The van der Waals surface area contributed by atoms with Gasteiger partial charge in [-0.15, -0.1) is 11.8 Å². The monoisotopic (exact) mass is 290 g/mol. The molecule has 2 aromatic rings. The highest BCUT2D eigenvalue weighted by Crippen LogP contribution is 2.33. The number of ether oxygens (including phenoxy) is 2. The Labute approximate surface area is 123 Å². The fourth-order valence-corrected chi connectivity index (χ4v) is 2.43. The highest BCUT2D eigenvalue weighted by molar-refractivity contribution is 7.98. The number of hydrogen-bond donors (Lipinski definition) is 1. The van der Waals surface area contributed by atoms with Crippen LogP contribution in [0.4, 0.5) is 0 Å². The quantitative estimate of drug-likeness (QED) is 0.855. The Morgan fingerprint density at radius 1 is 1.00 bits per heavy atom. The van der Waals surface area contributed by atoms with Gasteiger partial charge in [0.2, 0.25) is 0 Å². The normalized spacial score (nSPS) is 12.0. The maximum absolute atomic E-state index is 10.5. The van der Waals surface area contributed by atoms with Crippen LogP contribution in [-0.4, -0.2) is 25.6 Å². The summed E-state index contributed by atoms with van der Waals surface area (Å²) in [6, 6.07) is 13.3. The lowest BCUT2D eigenvalue weighted by molar-refractivity contribution is 0.214. The number of aliphatic hydroxyl groups is 1. The molecule has 0 aromatic heterocycles. The minimum absolute atomic E-state index is 0.646. The van der Waals surface area contributed by atoms with E-state index in [0.717, 1.165) is 5.56 Å². The predicted octanol–water partition coefficient (Wildman–Crippen LogP) is 3.51. The molecule has 1 unspecified atom stereocenters. The van der Waals surface area contributed by atoms with Gasteiger partial charge >= 0.3 is 0 Å². The SMILES string of the molecule is COc1ccc(OC)c(C(O)c2ccc(SC)cc2)c1. The van der Waals surface area contributed by atoms with Crippen molar-refractivity contribution in [3.8, 4) is 11.5 Å². The topological polar surface area (TPSA) is 38.7 Å². The maximum Gasteiger partial charge on any atom is 0.125 e. The van der Waals surface area contributed by atoms with Gasteiger partial charge < -0.3 is 14.6 Å². The first-order valence-corrected chi connectivity index (χ1v) is 7.46. The van der Waals surface area contributed by atoms with E-state index in [1.54, 1.807) is 38.1 Å². The third kappa shape index (κ3) is 3.08. The number of aliphatic hydroxyl groups excluding tert-OH is 1. The van der Waals surface area contributed by atoms with Crippen molar-refractivity contribution in [1.29, 1.82) is 0 Å². The van der Waals surface area contributed by atoms with Crippen LogP contribution in [0.2, 0.25) is 0 Å². The molecule has 0 aliphatic carbocycles. The summed E-state index contributed by atoms with van der Waals surface area (Å²) >= 11 is 1.67. The van der Waals surface area contributed by atoms with Gasteiger partial charge in [-0.05, 0) is 42.2 Å². The van der Waals surface area contributed by atoms with E-state index < -0.39 is 6.10 Å². The number of thioether (sulfide) groups is 1. The fraction of sp³-hybridized carbons (Fsp3) is 0.250. The third-order valence-corrected chi connectivity index (χ3v) is 3.91. The van der Waals surface area contributed by atoms with Crippen LogP contribution in [0, 0.1) is 0 Å². The largest absolute Gasteiger partial charge is 0.497 e. The number of rotatable bonds is 5. The minimum Gasteiger partial charge on any atom is -0.497 e. The van der Waals surface area contributed by atoms with E-state index in [-0.39, 0.29) is 0 Å². The van der Waals surface area contributed by atoms with Gasteiger partial charge in [-0.3, -0.25) is 0 Å². The van der Waals surface area contributed by atoms with Crippen LogP contribution in [0.15, 0.2) is 47.4 Å². The summed E-state index contributed by atoms with van der Waals surface area (Å²) < 4.78 is 10.5. The van der Waals surface area contributed by atoms with Crippen LogP contribution in [-0.2, 0) is 0 Å². The smallest absolute Gasteiger partial charge is 0.125 e. The van der Waals surface area contributed by atoms with Crippen molar-refractivity contribution < 1.29 is 14.6 Å². The summed E-state index contributed by atoms with van der Waals surface area (Å²) in [4.78, 5) is 1.17. The van der Waals surface area contributed by atoms with E-state index >= 15 is 0 Å². The molecular weight excluding hydrogens is 272 g/mol. The molecule has 0 radical (unpaired) electrons. The van der Waals surface area contributed by atoms with Gasteiger partial charge in [0.1, 0.15) is 17.6 Å². The van der Waals surface area contributed by atoms with Gasteiger partial charge in [0, 0.05) is 10.5 Å². The van der Waals surface area contributed by atoms with Crippen LogP contribution in [0.3, 0.4) is 0 Å². The van der Waals surface area contributed by atoms with E-state index in [1.807, 2.05) is 36.6 Å². The summed E-state index contributed by atoms with van der Waals surface area (Å²) in [5.74, 6) is 1.34. The van der Waals surface area contributed by atoms with Crippen molar-refractivity contribution in [3.63, 3.8) is 0 Å². The van der Waals surface area contributed by atoms with Crippen molar-refractivity contribution >= 4 is 11.8 Å². The molecule has 1 N–H and O–H groups in total. The second-order valence-electron chi connectivity index (χ2n) is 4.28. The Balaban J connectivity index is 2.37. The van der Waals surface area contributed by atoms with Gasteiger partial charge in [0.25, 0.3) is 0 Å². The maximum atomic E-state index is 10.5. The molecule has 0 aliphatic rings. The average molecular weight is 290 g/mol. The number of benzene rings is 2. The molecule has 0 heterocycles. The van der Waals surface area contributed by atoms with Crippen LogP contribution in [0.1, 0.15) is 17.2 Å². The van der Waals surface area contributed by atoms with E-state index in [4.69, 9.17) is 9.47 Å². The molecule has 0 spiro atoms. The predicted molar refractivity (Wildman–Crippen MR) is 81.8 cm³/mol. The highest BCUT2D eigenvalue weighted by Gasteiger charge is 2.16.